The van der Waals surface area contributed by atoms with Gasteiger partial charge in [0.15, 0.2) is 0 Å². The SMILES string of the molecule is CN(c1ccc(C(=O)N/N=C\c2cccc(Br)c2)cc1)S(=O)(=O)c1ccccc1. The van der Waals surface area contributed by atoms with Crippen molar-refractivity contribution in [1.82, 2.24) is 5.43 Å². The van der Waals surface area contributed by atoms with E-state index in [1.165, 1.54) is 29.7 Å². The number of carbonyl (C=O) groups excluding carboxylic acids is 1. The lowest BCUT2D eigenvalue weighted by Gasteiger charge is -2.19. The smallest absolute Gasteiger partial charge is 0.269 e. The Kier molecular flexibility index (Phi) is 6.46. The average Bonchev–Trinajstić information content (AvgIpc) is 2.74. The van der Waals surface area contributed by atoms with Gasteiger partial charge in [-0.25, -0.2) is 13.8 Å². The number of sulfonamides is 1. The quantitative estimate of drug-likeness (QED) is 0.435. The number of hydrogen-bond acceptors (Lipinski definition) is 4. The Labute approximate surface area is 178 Å². The summed E-state index contributed by atoms with van der Waals surface area (Å²) in [6.07, 6.45) is 1.54. The normalized spacial score (nSPS) is 11.4. The summed E-state index contributed by atoms with van der Waals surface area (Å²) in [5.74, 6) is -0.392. The monoisotopic (exact) mass is 471 g/mol. The first kappa shape index (κ1) is 20.8. The molecule has 0 aliphatic carbocycles. The molecular weight excluding hydrogens is 454 g/mol. The maximum absolute atomic E-state index is 12.7. The van der Waals surface area contributed by atoms with E-state index in [2.05, 4.69) is 26.5 Å². The molecule has 0 aliphatic rings. The molecule has 0 unspecified atom stereocenters. The standard InChI is InChI=1S/C21H18BrN3O3S/c1-25(29(27,28)20-8-3-2-4-9-20)19-12-10-17(11-13-19)21(26)24-23-15-16-6-5-7-18(22)14-16/h2-15H,1H3,(H,24,26)/b23-15-. The van der Waals surface area contributed by atoms with Crippen LogP contribution in [0.15, 0.2) is 93.3 Å². The van der Waals surface area contributed by atoms with E-state index in [-0.39, 0.29) is 4.90 Å². The Bertz CT molecular complexity index is 1130. The maximum Gasteiger partial charge on any atom is 0.271 e. The van der Waals surface area contributed by atoms with Gasteiger partial charge in [0.1, 0.15) is 0 Å². The number of amides is 1. The molecule has 0 radical (unpaired) electrons. The highest BCUT2D eigenvalue weighted by atomic mass is 79.9. The fraction of sp³-hybridized carbons (Fsp3) is 0.0476. The second-order valence-corrected chi connectivity index (χ2v) is 8.97. The van der Waals surface area contributed by atoms with E-state index in [4.69, 9.17) is 0 Å². The van der Waals surface area contributed by atoms with Crippen LogP contribution < -0.4 is 9.73 Å². The van der Waals surface area contributed by atoms with Gasteiger partial charge in [-0.2, -0.15) is 5.10 Å². The summed E-state index contributed by atoms with van der Waals surface area (Å²) >= 11 is 3.37. The number of anilines is 1. The summed E-state index contributed by atoms with van der Waals surface area (Å²) in [5, 5.41) is 3.94. The van der Waals surface area contributed by atoms with Gasteiger partial charge in [-0.15, -0.1) is 0 Å². The van der Waals surface area contributed by atoms with Gasteiger partial charge >= 0.3 is 0 Å². The van der Waals surface area contributed by atoms with Crippen LogP contribution >= 0.6 is 15.9 Å². The highest BCUT2D eigenvalue weighted by Crippen LogP contribution is 2.22. The van der Waals surface area contributed by atoms with E-state index in [0.717, 1.165) is 10.0 Å². The molecule has 1 amide bonds. The molecule has 3 aromatic carbocycles. The zero-order chi connectivity index (χ0) is 20.9. The van der Waals surface area contributed by atoms with Gasteiger partial charge in [-0.3, -0.25) is 9.10 Å². The first-order chi connectivity index (χ1) is 13.9. The molecule has 148 valence electrons. The third kappa shape index (κ3) is 5.10. The lowest BCUT2D eigenvalue weighted by molar-refractivity contribution is 0.0955. The predicted molar refractivity (Wildman–Crippen MR) is 118 cm³/mol. The molecule has 3 rings (SSSR count). The van der Waals surface area contributed by atoms with Crippen LogP contribution in [0.3, 0.4) is 0 Å². The van der Waals surface area contributed by atoms with Crippen LogP contribution in [0, 0.1) is 0 Å². The topological polar surface area (TPSA) is 78.8 Å². The fourth-order valence-electron chi connectivity index (χ4n) is 2.53. The molecule has 0 aliphatic heterocycles. The van der Waals surface area contributed by atoms with Crippen LogP contribution in [0.2, 0.25) is 0 Å². The average molecular weight is 472 g/mol. The molecular formula is C21H18BrN3O3S. The van der Waals surface area contributed by atoms with Crippen LogP contribution in [0.4, 0.5) is 5.69 Å². The minimum atomic E-state index is -3.67. The Morgan fingerprint density at radius 3 is 2.34 bits per heavy atom. The van der Waals surface area contributed by atoms with Crippen molar-refractivity contribution in [3.8, 4) is 0 Å². The van der Waals surface area contributed by atoms with Crippen LogP contribution in [0.1, 0.15) is 15.9 Å². The molecule has 0 saturated heterocycles. The van der Waals surface area contributed by atoms with Gasteiger partial charge in [0.2, 0.25) is 0 Å². The van der Waals surface area contributed by atoms with Gasteiger partial charge in [-0.1, -0.05) is 46.3 Å². The van der Waals surface area contributed by atoms with Gasteiger partial charge in [-0.05, 0) is 54.1 Å². The van der Waals surface area contributed by atoms with Crippen molar-refractivity contribution in [3.63, 3.8) is 0 Å². The molecule has 0 atom stereocenters. The molecule has 0 aromatic heterocycles. The number of hydrogen-bond donors (Lipinski definition) is 1. The summed E-state index contributed by atoms with van der Waals surface area (Å²) in [7, 11) is -2.20. The molecule has 0 heterocycles. The number of nitrogens with zero attached hydrogens (tertiary/aromatic N) is 2. The Balaban J connectivity index is 1.68. The number of carbonyl (C=O) groups is 1. The highest BCUT2D eigenvalue weighted by molar-refractivity contribution is 9.10. The van der Waals surface area contributed by atoms with E-state index in [1.54, 1.807) is 42.5 Å². The second kappa shape index (κ2) is 9.02. The number of halogens is 1. The maximum atomic E-state index is 12.7. The van der Waals surface area contributed by atoms with Crippen LogP contribution in [-0.4, -0.2) is 27.6 Å². The zero-order valence-electron chi connectivity index (χ0n) is 15.5. The predicted octanol–water partition coefficient (Wildman–Crippen LogP) is 4.04. The van der Waals surface area contributed by atoms with Crippen molar-refractivity contribution < 1.29 is 13.2 Å². The summed E-state index contributed by atoms with van der Waals surface area (Å²) in [6.45, 7) is 0. The van der Waals surface area contributed by atoms with Crippen molar-refractivity contribution in [2.24, 2.45) is 5.10 Å². The van der Waals surface area contributed by atoms with Gasteiger partial charge in [0, 0.05) is 17.1 Å². The minimum absolute atomic E-state index is 0.200. The summed E-state index contributed by atoms with van der Waals surface area (Å²) in [4.78, 5) is 12.4. The lowest BCUT2D eigenvalue weighted by atomic mass is 10.2. The van der Waals surface area contributed by atoms with Gasteiger partial charge < -0.3 is 0 Å². The first-order valence-electron chi connectivity index (χ1n) is 8.61. The van der Waals surface area contributed by atoms with E-state index in [1.807, 2.05) is 24.3 Å². The molecule has 8 heteroatoms. The molecule has 1 N–H and O–H groups in total. The van der Waals surface area contributed by atoms with Crippen molar-refractivity contribution in [3.05, 3.63) is 94.5 Å². The Morgan fingerprint density at radius 2 is 1.69 bits per heavy atom. The largest absolute Gasteiger partial charge is 0.271 e. The van der Waals surface area contributed by atoms with Crippen molar-refractivity contribution in [1.29, 1.82) is 0 Å². The number of hydrazone groups is 1. The van der Waals surface area contributed by atoms with Crippen LogP contribution in [0.5, 0.6) is 0 Å². The van der Waals surface area contributed by atoms with Crippen LogP contribution in [0.25, 0.3) is 0 Å². The molecule has 0 spiro atoms. The zero-order valence-corrected chi connectivity index (χ0v) is 17.9. The highest BCUT2D eigenvalue weighted by Gasteiger charge is 2.21. The molecule has 3 aromatic rings. The van der Waals surface area contributed by atoms with Crippen molar-refractivity contribution in [2.75, 3.05) is 11.4 Å². The third-order valence-corrected chi connectivity index (χ3v) is 6.42. The third-order valence-electron chi connectivity index (χ3n) is 4.12. The molecule has 29 heavy (non-hydrogen) atoms. The Morgan fingerprint density at radius 1 is 1.00 bits per heavy atom. The second-order valence-electron chi connectivity index (χ2n) is 6.09. The van der Waals surface area contributed by atoms with E-state index < -0.39 is 15.9 Å². The van der Waals surface area contributed by atoms with Gasteiger partial charge in [0.05, 0.1) is 16.8 Å². The molecule has 0 bridgehead atoms. The van der Waals surface area contributed by atoms with E-state index in [0.29, 0.717) is 11.3 Å². The lowest BCUT2D eigenvalue weighted by Crippen LogP contribution is -2.26. The number of benzene rings is 3. The Hall–Kier alpha value is -2.97. The fourth-order valence-corrected chi connectivity index (χ4v) is 4.16. The van der Waals surface area contributed by atoms with Crippen molar-refractivity contribution in [2.45, 2.75) is 4.90 Å². The summed E-state index contributed by atoms with van der Waals surface area (Å²) in [6, 6.07) is 21.9. The molecule has 6 nitrogen and oxygen atoms in total. The van der Waals surface area contributed by atoms with E-state index >= 15 is 0 Å². The molecule has 0 saturated carbocycles. The number of nitrogens with one attached hydrogen (secondary N) is 1. The summed E-state index contributed by atoms with van der Waals surface area (Å²) < 4.78 is 27.4. The van der Waals surface area contributed by atoms with Crippen LogP contribution in [-0.2, 0) is 10.0 Å². The van der Waals surface area contributed by atoms with Gasteiger partial charge in [0.25, 0.3) is 15.9 Å². The van der Waals surface area contributed by atoms with Crippen molar-refractivity contribution >= 4 is 43.8 Å². The first-order valence-corrected chi connectivity index (χ1v) is 10.8. The number of rotatable bonds is 6. The molecule has 0 fully saturated rings. The summed E-state index contributed by atoms with van der Waals surface area (Å²) in [5.41, 5.74) is 4.10. The van der Waals surface area contributed by atoms with E-state index in [9.17, 15) is 13.2 Å². The minimum Gasteiger partial charge on any atom is -0.269 e.